The average Bonchev–Trinajstić information content (AvgIpc) is 3.04. The van der Waals surface area contributed by atoms with Crippen LogP contribution < -0.4 is 4.74 Å². The van der Waals surface area contributed by atoms with Crippen LogP contribution in [0.1, 0.15) is 23.1 Å². The Labute approximate surface area is 111 Å². The summed E-state index contributed by atoms with van der Waals surface area (Å²) in [5.41, 5.74) is 3.01. The normalized spacial score (nSPS) is 26.8. The lowest BCUT2D eigenvalue weighted by molar-refractivity contribution is 0.277. The van der Waals surface area contributed by atoms with E-state index in [1.54, 1.807) is 0 Å². The van der Waals surface area contributed by atoms with Crippen LogP contribution in [0.3, 0.4) is 0 Å². The summed E-state index contributed by atoms with van der Waals surface area (Å²) in [5.74, 6) is 2.37. The lowest BCUT2D eigenvalue weighted by atomic mass is 10.0. The lowest BCUT2D eigenvalue weighted by Crippen LogP contribution is -2.07. The molecule has 4 nitrogen and oxygen atoms in total. The van der Waals surface area contributed by atoms with Gasteiger partial charge in [0.1, 0.15) is 5.75 Å². The van der Waals surface area contributed by atoms with E-state index < -0.39 is 0 Å². The monoisotopic (exact) mass is 251 g/mol. The highest BCUT2D eigenvalue weighted by atomic mass is 16.5. The van der Waals surface area contributed by atoms with E-state index in [9.17, 15) is 0 Å². The van der Waals surface area contributed by atoms with Gasteiger partial charge in [-0.05, 0) is 17.7 Å². The summed E-state index contributed by atoms with van der Waals surface area (Å²) in [6.45, 7) is 7.89. The highest BCUT2D eigenvalue weighted by Gasteiger charge is 2.56. The molecule has 0 N–H and O–H groups in total. The van der Waals surface area contributed by atoms with Crippen molar-refractivity contribution in [2.45, 2.75) is 11.8 Å². The van der Waals surface area contributed by atoms with E-state index in [4.69, 9.17) is 11.3 Å². The molecule has 1 aliphatic heterocycles. The van der Waals surface area contributed by atoms with Crippen LogP contribution >= 0.6 is 0 Å². The minimum Gasteiger partial charge on any atom is -0.493 e. The molecule has 1 aromatic heterocycles. The number of hydrogen-bond acceptors (Lipinski definition) is 2. The Kier molecular flexibility index (Phi) is 2.02. The second-order valence-electron chi connectivity index (χ2n) is 5.32. The van der Waals surface area contributed by atoms with Crippen LogP contribution in [0.2, 0.25) is 0 Å². The summed E-state index contributed by atoms with van der Waals surface area (Å²) in [7, 11) is 1.99. The summed E-state index contributed by atoms with van der Waals surface area (Å²) < 4.78 is 7.78. The van der Waals surface area contributed by atoms with Gasteiger partial charge in [0.15, 0.2) is 5.69 Å². The zero-order valence-corrected chi connectivity index (χ0v) is 10.6. The first-order valence-corrected chi connectivity index (χ1v) is 6.40. The summed E-state index contributed by atoms with van der Waals surface area (Å²) in [5, 5.41) is 0. The van der Waals surface area contributed by atoms with Gasteiger partial charge in [0.25, 0.3) is 0 Å². The first kappa shape index (κ1) is 10.6. The first-order chi connectivity index (χ1) is 9.28. The Hall–Kier alpha value is -2.28. The molecule has 1 saturated carbocycles. The van der Waals surface area contributed by atoms with Crippen molar-refractivity contribution >= 4 is 5.69 Å². The lowest BCUT2D eigenvalue weighted by Gasteiger charge is -2.16. The van der Waals surface area contributed by atoms with Gasteiger partial charge in [-0.1, -0.05) is 6.07 Å². The fraction of sp³-hybridized carbons (Fsp3) is 0.333. The fourth-order valence-corrected chi connectivity index (χ4v) is 3.20. The van der Waals surface area contributed by atoms with Gasteiger partial charge >= 0.3 is 0 Å². The molecule has 0 amide bonds. The summed E-state index contributed by atoms with van der Waals surface area (Å²) in [4.78, 5) is 7.97. The van der Waals surface area contributed by atoms with Crippen LogP contribution in [0.5, 0.6) is 5.75 Å². The Morgan fingerprint density at radius 2 is 2.32 bits per heavy atom. The molecule has 3 atom stereocenters. The zero-order chi connectivity index (χ0) is 13.0. The van der Waals surface area contributed by atoms with E-state index in [0.29, 0.717) is 23.4 Å². The van der Waals surface area contributed by atoms with E-state index in [-0.39, 0.29) is 0 Å². The molecule has 2 aliphatic rings. The minimum atomic E-state index is 0.448. The van der Waals surface area contributed by atoms with Crippen LogP contribution in [-0.2, 0) is 7.05 Å². The Morgan fingerprint density at radius 3 is 3.05 bits per heavy atom. The predicted molar refractivity (Wildman–Crippen MR) is 70.4 cm³/mol. The van der Waals surface area contributed by atoms with Crippen LogP contribution in [0.15, 0.2) is 30.7 Å². The van der Waals surface area contributed by atoms with Crippen molar-refractivity contribution in [2.75, 3.05) is 6.61 Å². The molecular weight excluding hydrogens is 238 g/mol. The predicted octanol–water partition coefficient (Wildman–Crippen LogP) is 2.86. The number of imidazole rings is 1. The van der Waals surface area contributed by atoms with Crippen LogP contribution in [0.4, 0.5) is 5.69 Å². The molecule has 1 aliphatic carbocycles. The minimum absolute atomic E-state index is 0.448. The van der Waals surface area contributed by atoms with Crippen molar-refractivity contribution in [1.29, 1.82) is 0 Å². The molecule has 0 saturated heterocycles. The molecular formula is C15H13N3O. The van der Waals surface area contributed by atoms with Gasteiger partial charge in [-0.3, -0.25) is 0 Å². The molecule has 1 aromatic carbocycles. The molecule has 0 bridgehead atoms. The highest BCUT2D eigenvalue weighted by Crippen LogP contribution is 2.64. The molecule has 2 aromatic rings. The average molecular weight is 251 g/mol. The van der Waals surface area contributed by atoms with E-state index in [0.717, 1.165) is 18.1 Å². The van der Waals surface area contributed by atoms with Crippen molar-refractivity contribution in [1.82, 2.24) is 9.55 Å². The van der Waals surface area contributed by atoms with E-state index in [2.05, 4.69) is 16.0 Å². The molecule has 0 unspecified atom stereocenters. The Balaban J connectivity index is 1.74. The Bertz CT molecular complexity index is 698. The van der Waals surface area contributed by atoms with Gasteiger partial charge in [0, 0.05) is 31.0 Å². The third-order valence-electron chi connectivity index (χ3n) is 4.15. The molecule has 4 heteroatoms. The van der Waals surface area contributed by atoms with Crippen molar-refractivity contribution in [3.63, 3.8) is 0 Å². The number of rotatable bonds is 1. The third kappa shape index (κ3) is 1.48. The van der Waals surface area contributed by atoms with Gasteiger partial charge in [0.2, 0.25) is 0 Å². The van der Waals surface area contributed by atoms with E-state index in [1.165, 1.54) is 5.56 Å². The van der Waals surface area contributed by atoms with Gasteiger partial charge in [-0.25, -0.2) is 9.83 Å². The van der Waals surface area contributed by atoms with Crippen LogP contribution in [0, 0.1) is 12.5 Å². The fourth-order valence-electron chi connectivity index (χ4n) is 3.20. The number of benzene rings is 1. The van der Waals surface area contributed by atoms with Crippen molar-refractivity contribution in [3.8, 4) is 5.75 Å². The van der Waals surface area contributed by atoms with Gasteiger partial charge in [0.05, 0.1) is 25.2 Å². The second kappa shape index (κ2) is 3.61. The number of hydrogen-bond donors (Lipinski definition) is 0. The van der Waals surface area contributed by atoms with Crippen molar-refractivity contribution in [2.24, 2.45) is 13.0 Å². The summed E-state index contributed by atoms with van der Waals surface area (Å²) in [6.07, 6.45) is 3.93. The van der Waals surface area contributed by atoms with Crippen LogP contribution in [0.25, 0.3) is 4.85 Å². The molecule has 4 rings (SSSR count). The summed E-state index contributed by atoms with van der Waals surface area (Å²) in [6, 6.07) is 5.72. The standard InChI is InChI=1S/C15H13N3O/c1-16-9-3-4-13-10(5-9)14-11(7-19-13)15(14)12-6-18(2)8-17-12/h3-6,8,11,14-15H,7H2,2H3/t11-,14+,15-/m0/s1. The van der Waals surface area contributed by atoms with E-state index in [1.807, 2.05) is 36.1 Å². The molecule has 1 fully saturated rings. The SMILES string of the molecule is [C-]#[N+]c1ccc2c(c1)[C@@H]1[C@H](CO2)[C@H]1c1cn(C)cn1. The second-order valence-corrected chi connectivity index (χ2v) is 5.32. The number of nitrogens with zero attached hydrogens (tertiary/aromatic N) is 3. The summed E-state index contributed by atoms with van der Waals surface area (Å²) >= 11 is 0. The highest BCUT2D eigenvalue weighted by molar-refractivity contribution is 5.57. The van der Waals surface area contributed by atoms with E-state index >= 15 is 0 Å². The maximum atomic E-state index is 7.13. The number of ether oxygens (including phenoxy) is 1. The maximum absolute atomic E-state index is 7.13. The third-order valence-corrected chi connectivity index (χ3v) is 4.15. The van der Waals surface area contributed by atoms with Gasteiger partial charge in [-0.15, -0.1) is 0 Å². The van der Waals surface area contributed by atoms with Gasteiger partial charge < -0.3 is 9.30 Å². The number of aromatic nitrogens is 2. The van der Waals surface area contributed by atoms with Crippen LogP contribution in [-0.4, -0.2) is 16.2 Å². The molecule has 19 heavy (non-hydrogen) atoms. The molecule has 0 spiro atoms. The van der Waals surface area contributed by atoms with Crippen molar-refractivity contribution in [3.05, 3.63) is 53.4 Å². The molecule has 94 valence electrons. The smallest absolute Gasteiger partial charge is 0.187 e. The Morgan fingerprint density at radius 1 is 1.42 bits per heavy atom. The maximum Gasteiger partial charge on any atom is 0.187 e. The topological polar surface area (TPSA) is 31.4 Å². The number of fused-ring (bicyclic) bond motifs is 3. The first-order valence-electron chi connectivity index (χ1n) is 6.40. The number of aryl methyl sites for hydroxylation is 1. The largest absolute Gasteiger partial charge is 0.493 e. The quantitative estimate of drug-likeness (QED) is 0.730. The van der Waals surface area contributed by atoms with Crippen molar-refractivity contribution < 1.29 is 4.74 Å². The molecule has 0 radical (unpaired) electrons. The molecule has 2 heterocycles. The zero-order valence-electron chi connectivity index (χ0n) is 10.6. The van der Waals surface area contributed by atoms with Gasteiger partial charge in [-0.2, -0.15) is 0 Å².